The fourth-order valence-corrected chi connectivity index (χ4v) is 3.83. The Hall–Kier alpha value is -1.15. The summed E-state index contributed by atoms with van der Waals surface area (Å²) in [4.78, 5) is 8.72. The van der Waals surface area contributed by atoms with E-state index in [0.717, 1.165) is 11.3 Å². The van der Waals surface area contributed by atoms with Crippen molar-refractivity contribution in [2.45, 2.75) is 44.7 Å². The minimum absolute atomic E-state index is 0. The number of piperidine rings is 1. The van der Waals surface area contributed by atoms with E-state index in [4.69, 9.17) is 0 Å². The Morgan fingerprint density at radius 3 is 2.48 bits per heavy atom. The van der Waals surface area contributed by atoms with E-state index in [2.05, 4.69) is 20.6 Å². The Labute approximate surface area is 186 Å². The lowest BCUT2D eigenvalue weighted by Gasteiger charge is -2.32. The maximum absolute atomic E-state index is 12.6. The largest absolute Gasteiger partial charge is 0.511 e. The van der Waals surface area contributed by atoms with E-state index in [1.807, 2.05) is 32.2 Å². The molecule has 0 unspecified atom stereocenters. The number of alkyl halides is 3. The van der Waals surface area contributed by atoms with Crippen LogP contribution >= 0.6 is 24.0 Å². The van der Waals surface area contributed by atoms with Gasteiger partial charge in [0.1, 0.15) is 0 Å². The van der Waals surface area contributed by atoms with Crippen LogP contribution in [0.3, 0.4) is 0 Å². The quantitative estimate of drug-likeness (QED) is 0.324. The Morgan fingerprint density at radius 1 is 1.31 bits per heavy atom. The molecule has 29 heavy (non-hydrogen) atoms. The fraction of sp³-hybridized carbons (Fsp3) is 0.647. The highest BCUT2D eigenvalue weighted by atomic mass is 127. The first-order valence-corrected chi connectivity index (χ1v) is 10.6. The van der Waals surface area contributed by atoms with Crippen LogP contribution in [-0.2, 0) is 16.4 Å². The van der Waals surface area contributed by atoms with E-state index in [-0.39, 0.29) is 55.9 Å². The Kier molecular flexibility index (Phi) is 10.1. The van der Waals surface area contributed by atoms with E-state index < -0.39 is 15.5 Å². The van der Waals surface area contributed by atoms with Crippen LogP contribution in [0.15, 0.2) is 23.3 Å². The van der Waals surface area contributed by atoms with Gasteiger partial charge < -0.3 is 10.6 Å². The SMILES string of the molecule is CCNC(=NCCc1ccc(C)nc1)NC1CCN(S(=O)(=O)C(F)(F)F)CC1.I. The first-order chi connectivity index (χ1) is 13.1. The van der Waals surface area contributed by atoms with Gasteiger partial charge in [0.05, 0.1) is 0 Å². The third-order valence-electron chi connectivity index (χ3n) is 4.41. The van der Waals surface area contributed by atoms with Crippen molar-refractivity contribution in [3.8, 4) is 0 Å². The van der Waals surface area contributed by atoms with E-state index in [0.29, 0.717) is 29.8 Å². The molecule has 0 aromatic carbocycles. The summed E-state index contributed by atoms with van der Waals surface area (Å²) >= 11 is 0. The first kappa shape index (κ1) is 25.9. The average Bonchev–Trinajstić information content (AvgIpc) is 2.63. The van der Waals surface area contributed by atoms with Crippen molar-refractivity contribution in [2.24, 2.45) is 4.99 Å². The third-order valence-corrected chi connectivity index (χ3v) is 6.04. The van der Waals surface area contributed by atoms with Crippen LogP contribution in [0.1, 0.15) is 31.0 Å². The Balaban J connectivity index is 0.00000420. The molecular weight excluding hydrogens is 522 g/mol. The van der Waals surface area contributed by atoms with E-state index in [1.54, 1.807) is 0 Å². The molecule has 2 rings (SSSR count). The monoisotopic (exact) mass is 549 g/mol. The van der Waals surface area contributed by atoms with E-state index >= 15 is 0 Å². The van der Waals surface area contributed by atoms with Crippen molar-refractivity contribution in [3.05, 3.63) is 29.6 Å². The van der Waals surface area contributed by atoms with Crippen LogP contribution in [0, 0.1) is 6.92 Å². The zero-order valence-electron chi connectivity index (χ0n) is 16.4. The molecule has 166 valence electrons. The van der Waals surface area contributed by atoms with Crippen LogP contribution in [-0.4, -0.2) is 61.4 Å². The van der Waals surface area contributed by atoms with Crippen LogP contribution in [0.5, 0.6) is 0 Å². The van der Waals surface area contributed by atoms with Crippen molar-refractivity contribution >= 4 is 40.0 Å². The maximum Gasteiger partial charge on any atom is 0.511 e. The summed E-state index contributed by atoms with van der Waals surface area (Å²) in [6, 6.07) is 3.79. The van der Waals surface area contributed by atoms with Gasteiger partial charge in [-0.15, -0.1) is 24.0 Å². The van der Waals surface area contributed by atoms with E-state index in [9.17, 15) is 21.6 Å². The molecule has 0 atom stereocenters. The number of sulfonamides is 1. The van der Waals surface area contributed by atoms with Crippen LogP contribution < -0.4 is 10.6 Å². The van der Waals surface area contributed by atoms with Gasteiger partial charge in [0.2, 0.25) is 0 Å². The van der Waals surface area contributed by atoms with Gasteiger partial charge in [0, 0.05) is 44.1 Å². The lowest BCUT2D eigenvalue weighted by Crippen LogP contribution is -2.51. The van der Waals surface area contributed by atoms with Gasteiger partial charge in [0.25, 0.3) is 0 Å². The first-order valence-electron chi connectivity index (χ1n) is 9.16. The number of aliphatic imine (C=N–C) groups is 1. The summed E-state index contributed by atoms with van der Waals surface area (Å²) in [6.45, 7) is 4.66. The number of hydrogen-bond donors (Lipinski definition) is 2. The molecule has 0 amide bonds. The second kappa shape index (κ2) is 11.3. The standard InChI is InChI=1S/C17H26F3N5O2S.HI/c1-3-21-16(22-9-6-14-5-4-13(2)23-12-14)24-15-7-10-25(11-8-15)28(26,27)17(18,19)20;/h4-5,12,15H,3,6-11H2,1-2H3,(H2,21,22,24);1H. The van der Waals surface area contributed by atoms with Crippen molar-refractivity contribution in [3.63, 3.8) is 0 Å². The second-order valence-corrected chi connectivity index (χ2v) is 8.52. The number of halogens is 4. The summed E-state index contributed by atoms with van der Waals surface area (Å²) in [5.41, 5.74) is -3.24. The second-order valence-electron chi connectivity index (χ2n) is 6.59. The minimum atomic E-state index is -5.26. The predicted molar refractivity (Wildman–Crippen MR) is 117 cm³/mol. The molecule has 1 saturated heterocycles. The molecule has 7 nitrogen and oxygen atoms in total. The van der Waals surface area contributed by atoms with Crippen LogP contribution in [0.2, 0.25) is 0 Å². The lowest BCUT2D eigenvalue weighted by molar-refractivity contribution is -0.0494. The van der Waals surface area contributed by atoms with E-state index in [1.165, 1.54) is 0 Å². The number of hydrogen-bond acceptors (Lipinski definition) is 4. The number of guanidine groups is 1. The Bertz CT molecular complexity index is 764. The molecule has 1 aliphatic heterocycles. The van der Waals surface area contributed by atoms with Gasteiger partial charge in [-0.25, -0.2) is 8.42 Å². The van der Waals surface area contributed by atoms with Gasteiger partial charge >= 0.3 is 15.5 Å². The normalized spacial score (nSPS) is 16.9. The summed E-state index contributed by atoms with van der Waals surface area (Å²) in [6.07, 6.45) is 3.08. The number of nitrogens with zero attached hydrogens (tertiary/aromatic N) is 3. The molecule has 1 aromatic rings. The maximum atomic E-state index is 12.6. The number of pyridine rings is 1. The lowest BCUT2D eigenvalue weighted by atomic mass is 10.1. The van der Waals surface area contributed by atoms with Crippen molar-refractivity contribution in [1.29, 1.82) is 0 Å². The summed E-state index contributed by atoms with van der Waals surface area (Å²) < 4.78 is 61.4. The van der Waals surface area contributed by atoms with Crippen LogP contribution in [0.25, 0.3) is 0 Å². The topological polar surface area (TPSA) is 86.7 Å². The summed E-state index contributed by atoms with van der Waals surface area (Å²) in [5, 5.41) is 6.29. The third kappa shape index (κ3) is 7.55. The number of rotatable bonds is 6. The van der Waals surface area contributed by atoms with Gasteiger partial charge in [0.15, 0.2) is 5.96 Å². The molecule has 0 bridgehead atoms. The molecule has 0 saturated carbocycles. The zero-order chi connectivity index (χ0) is 20.8. The van der Waals surface area contributed by atoms with Crippen LogP contribution in [0.4, 0.5) is 13.2 Å². The molecule has 2 N–H and O–H groups in total. The Morgan fingerprint density at radius 2 is 1.97 bits per heavy atom. The molecular formula is C17H27F3IN5O2S. The number of aromatic nitrogens is 1. The van der Waals surface area contributed by atoms with Crippen molar-refractivity contribution in [1.82, 2.24) is 19.9 Å². The molecule has 1 aliphatic rings. The molecule has 0 spiro atoms. The minimum Gasteiger partial charge on any atom is -0.357 e. The number of aryl methyl sites for hydroxylation is 1. The highest BCUT2D eigenvalue weighted by molar-refractivity contribution is 14.0. The smallest absolute Gasteiger partial charge is 0.357 e. The summed E-state index contributed by atoms with van der Waals surface area (Å²) in [5.74, 6) is 0.569. The van der Waals surface area contributed by atoms with Crippen molar-refractivity contribution < 1.29 is 21.6 Å². The molecule has 12 heteroatoms. The predicted octanol–water partition coefficient (Wildman–Crippen LogP) is 2.42. The molecule has 0 aliphatic carbocycles. The molecule has 2 heterocycles. The highest BCUT2D eigenvalue weighted by Crippen LogP contribution is 2.28. The highest BCUT2D eigenvalue weighted by Gasteiger charge is 2.50. The zero-order valence-corrected chi connectivity index (χ0v) is 19.5. The molecule has 1 aromatic heterocycles. The molecule has 0 radical (unpaired) electrons. The van der Waals surface area contributed by atoms with Gasteiger partial charge in [-0.05, 0) is 44.7 Å². The number of nitrogens with one attached hydrogen (secondary N) is 2. The van der Waals surface area contributed by atoms with Crippen molar-refractivity contribution in [2.75, 3.05) is 26.2 Å². The van der Waals surface area contributed by atoms with Gasteiger partial charge in [-0.2, -0.15) is 17.5 Å². The average molecular weight is 549 g/mol. The van der Waals surface area contributed by atoms with Gasteiger partial charge in [-0.1, -0.05) is 6.07 Å². The summed E-state index contributed by atoms with van der Waals surface area (Å²) in [7, 11) is -5.26. The van der Waals surface area contributed by atoms with Gasteiger partial charge in [-0.3, -0.25) is 9.98 Å². The fourth-order valence-electron chi connectivity index (χ4n) is 2.84. The molecule has 1 fully saturated rings.